The van der Waals surface area contributed by atoms with Crippen LogP contribution in [0.4, 0.5) is 0 Å². The number of benzene rings is 1. The van der Waals surface area contributed by atoms with Gasteiger partial charge in [-0.05, 0) is 32.3 Å². The fraction of sp³-hybridized carbons (Fsp3) is 0.632. The summed E-state index contributed by atoms with van der Waals surface area (Å²) in [4.78, 5) is 12.1. The van der Waals surface area contributed by atoms with Gasteiger partial charge in [0.05, 0.1) is 25.2 Å². The van der Waals surface area contributed by atoms with Gasteiger partial charge < -0.3 is 14.2 Å². The van der Waals surface area contributed by atoms with E-state index in [0.717, 1.165) is 12.8 Å². The monoisotopic (exact) mass is 320 g/mol. The topological polar surface area (TPSA) is 44.8 Å². The Bertz CT molecular complexity index is 474. The Morgan fingerprint density at radius 1 is 1.17 bits per heavy atom. The molecule has 128 valence electrons. The van der Waals surface area contributed by atoms with Crippen LogP contribution in [0.15, 0.2) is 30.3 Å². The first-order valence-corrected chi connectivity index (χ1v) is 8.55. The molecule has 2 rings (SSSR count). The van der Waals surface area contributed by atoms with E-state index in [1.54, 1.807) is 0 Å². The van der Waals surface area contributed by atoms with Crippen molar-refractivity contribution in [2.75, 3.05) is 19.8 Å². The van der Waals surface area contributed by atoms with E-state index in [1.165, 1.54) is 5.56 Å². The second-order valence-corrected chi connectivity index (χ2v) is 6.37. The molecule has 0 unspecified atom stereocenters. The lowest BCUT2D eigenvalue weighted by Crippen LogP contribution is -2.40. The van der Waals surface area contributed by atoms with Crippen LogP contribution in [0.1, 0.15) is 32.8 Å². The SMILES string of the molecule is CCCO[C@@H]1[C@@H](Cc2ccccc2)COC[C@H](C)C(=O)O[C@H]1C. The third-order valence-electron chi connectivity index (χ3n) is 4.19. The standard InChI is InChI=1S/C19H28O4/c1-4-10-22-18-15(3)23-19(20)14(2)12-21-13-17(18)11-16-8-6-5-7-9-16/h5-9,14-15,17-18H,4,10-13H2,1-3H3/t14-,15-,17-,18-/m0/s1. The van der Waals surface area contributed by atoms with Gasteiger partial charge in [-0.1, -0.05) is 37.3 Å². The molecule has 4 heteroatoms. The summed E-state index contributed by atoms with van der Waals surface area (Å²) >= 11 is 0. The van der Waals surface area contributed by atoms with Crippen LogP contribution in [0.3, 0.4) is 0 Å². The van der Waals surface area contributed by atoms with Crippen LogP contribution >= 0.6 is 0 Å². The van der Waals surface area contributed by atoms with Crippen LogP contribution in [0, 0.1) is 11.8 Å². The largest absolute Gasteiger partial charge is 0.460 e. The summed E-state index contributed by atoms with van der Waals surface area (Å²) in [7, 11) is 0. The summed E-state index contributed by atoms with van der Waals surface area (Å²) in [6.45, 7) is 7.48. The van der Waals surface area contributed by atoms with Crippen molar-refractivity contribution in [3.05, 3.63) is 35.9 Å². The highest BCUT2D eigenvalue weighted by Gasteiger charge is 2.33. The summed E-state index contributed by atoms with van der Waals surface area (Å²) < 4.78 is 17.5. The summed E-state index contributed by atoms with van der Waals surface area (Å²) in [5, 5.41) is 0. The molecule has 0 radical (unpaired) electrons. The van der Waals surface area contributed by atoms with Gasteiger partial charge in [0.1, 0.15) is 6.10 Å². The molecule has 1 aliphatic rings. The van der Waals surface area contributed by atoms with Gasteiger partial charge in [-0.25, -0.2) is 0 Å². The van der Waals surface area contributed by atoms with Crippen LogP contribution in [-0.2, 0) is 25.4 Å². The van der Waals surface area contributed by atoms with E-state index in [1.807, 2.05) is 32.0 Å². The average molecular weight is 320 g/mol. The number of hydrogen-bond acceptors (Lipinski definition) is 4. The maximum Gasteiger partial charge on any atom is 0.311 e. The van der Waals surface area contributed by atoms with Gasteiger partial charge in [0, 0.05) is 12.5 Å². The summed E-state index contributed by atoms with van der Waals surface area (Å²) in [6.07, 6.45) is 1.37. The molecule has 0 saturated carbocycles. The van der Waals surface area contributed by atoms with Gasteiger partial charge in [0.2, 0.25) is 0 Å². The maximum absolute atomic E-state index is 12.1. The first-order chi connectivity index (χ1) is 11.1. The van der Waals surface area contributed by atoms with Crippen LogP contribution < -0.4 is 0 Å². The van der Waals surface area contributed by atoms with Gasteiger partial charge >= 0.3 is 5.97 Å². The minimum absolute atomic E-state index is 0.149. The Labute approximate surface area is 139 Å². The highest BCUT2D eigenvalue weighted by molar-refractivity contribution is 5.72. The molecule has 0 amide bonds. The van der Waals surface area contributed by atoms with Crippen LogP contribution in [0.25, 0.3) is 0 Å². The molecule has 0 N–H and O–H groups in total. The Morgan fingerprint density at radius 2 is 1.91 bits per heavy atom. The number of hydrogen-bond donors (Lipinski definition) is 0. The van der Waals surface area contributed by atoms with E-state index < -0.39 is 0 Å². The lowest BCUT2D eigenvalue weighted by molar-refractivity contribution is -0.162. The van der Waals surface area contributed by atoms with Crippen molar-refractivity contribution in [2.24, 2.45) is 11.8 Å². The molecule has 1 saturated heterocycles. The molecule has 4 nitrogen and oxygen atoms in total. The van der Waals surface area contributed by atoms with E-state index in [-0.39, 0.29) is 30.0 Å². The highest BCUT2D eigenvalue weighted by atomic mass is 16.6. The molecule has 0 aromatic heterocycles. The predicted molar refractivity (Wildman–Crippen MR) is 89.2 cm³/mol. The minimum atomic E-state index is -0.271. The number of carbonyl (C=O) groups is 1. The second kappa shape index (κ2) is 9.04. The highest BCUT2D eigenvalue weighted by Crippen LogP contribution is 2.23. The van der Waals surface area contributed by atoms with Gasteiger partial charge in [-0.3, -0.25) is 4.79 Å². The van der Waals surface area contributed by atoms with E-state index in [9.17, 15) is 4.79 Å². The molecule has 0 spiro atoms. The summed E-state index contributed by atoms with van der Waals surface area (Å²) in [5.41, 5.74) is 1.25. The molecule has 1 aromatic carbocycles. The molecule has 1 heterocycles. The van der Waals surface area contributed by atoms with Gasteiger partial charge in [0.25, 0.3) is 0 Å². The van der Waals surface area contributed by atoms with Gasteiger partial charge in [-0.2, -0.15) is 0 Å². The van der Waals surface area contributed by atoms with Crippen molar-refractivity contribution in [3.63, 3.8) is 0 Å². The lowest BCUT2D eigenvalue weighted by Gasteiger charge is -2.30. The van der Waals surface area contributed by atoms with E-state index in [2.05, 4.69) is 19.1 Å². The van der Waals surface area contributed by atoms with Crippen molar-refractivity contribution in [1.29, 1.82) is 0 Å². The Hall–Kier alpha value is -1.39. The summed E-state index contributed by atoms with van der Waals surface area (Å²) in [6, 6.07) is 10.3. The third kappa shape index (κ3) is 5.33. The van der Waals surface area contributed by atoms with Crippen LogP contribution in [0.5, 0.6) is 0 Å². The van der Waals surface area contributed by atoms with Crippen molar-refractivity contribution in [2.45, 2.75) is 45.8 Å². The zero-order valence-electron chi connectivity index (χ0n) is 14.4. The van der Waals surface area contributed by atoms with Crippen LogP contribution in [-0.4, -0.2) is 38.0 Å². The van der Waals surface area contributed by atoms with Gasteiger partial charge in [0.15, 0.2) is 0 Å². The fourth-order valence-electron chi connectivity index (χ4n) is 2.93. The number of cyclic esters (lactones) is 1. The number of rotatable bonds is 5. The lowest BCUT2D eigenvalue weighted by atomic mass is 9.91. The van der Waals surface area contributed by atoms with E-state index in [4.69, 9.17) is 14.2 Å². The maximum atomic E-state index is 12.1. The van der Waals surface area contributed by atoms with Crippen molar-refractivity contribution >= 4 is 5.97 Å². The van der Waals surface area contributed by atoms with E-state index >= 15 is 0 Å². The average Bonchev–Trinajstić information content (AvgIpc) is 2.59. The van der Waals surface area contributed by atoms with Crippen LogP contribution in [0.2, 0.25) is 0 Å². The molecular weight excluding hydrogens is 292 g/mol. The molecule has 1 aliphatic heterocycles. The summed E-state index contributed by atoms with van der Waals surface area (Å²) in [5.74, 6) is -0.278. The van der Waals surface area contributed by atoms with Crippen molar-refractivity contribution < 1.29 is 19.0 Å². The van der Waals surface area contributed by atoms with E-state index in [0.29, 0.717) is 19.8 Å². The fourth-order valence-corrected chi connectivity index (χ4v) is 2.93. The molecular formula is C19H28O4. The van der Waals surface area contributed by atoms with Crippen molar-refractivity contribution in [3.8, 4) is 0 Å². The Morgan fingerprint density at radius 3 is 2.61 bits per heavy atom. The van der Waals surface area contributed by atoms with Crippen molar-refractivity contribution in [1.82, 2.24) is 0 Å². The minimum Gasteiger partial charge on any atom is -0.460 e. The van der Waals surface area contributed by atoms with Gasteiger partial charge in [-0.15, -0.1) is 0 Å². The first kappa shape index (κ1) is 18.0. The number of carbonyl (C=O) groups excluding carboxylic acids is 1. The second-order valence-electron chi connectivity index (χ2n) is 6.37. The third-order valence-corrected chi connectivity index (χ3v) is 4.19. The quantitative estimate of drug-likeness (QED) is 0.781. The smallest absolute Gasteiger partial charge is 0.311 e. The Balaban J connectivity index is 2.16. The Kier molecular flexibility index (Phi) is 7.06. The molecule has 23 heavy (non-hydrogen) atoms. The molecule has 4 atom stereocenters. The molecule has 1 fully saturated rings. The predicted octanol–water partition coefficient (Wildman–Crippen LogP) is 3.24. The number of ether oxygens (including phenoxy) is 3. The zero-order chi connectivity index (χ0) is 16.7. The molecule has 0 aliphatic carbocycles. The normalized spacial score (nSPS) is 29.3. The zero-order valence-corrected chi connectivity index (χ0v) is 14.4. The first-order valence-electron chi connectivity index (χ1n) is 8.55. The molecule has 0 bridgehead atoms. The number of esters is 1. The molecule has 1 aromatic rings.